The maximum Gasteiger partial charge on any atom is 0.266 e. The highest BCUT2D eigenvalue weighted by Gasteiger charge is 2.60. The second kappa shape index (κ2) is 8.45. The van der Waals surface area contributed by atoms with Crippen LogP contribution in [0.25, 0.3) is 0 Å². The zero-order valence-corrected chi connectivity index (χ0v) is 18.6. The number of amides is 2. The van der Waals surface area contributed by atoms with Crippen molar-refractivity contribution in [1.82, 2.24) is 0 Å². The van der Waals surface area contributed by atoms with E-state index in [0.29, 0.717) is 5.69 Å². The first-order valence-corrected chi connectivity index (χ1v) is 10.8. The largest absolute Gasteiger partial charge is 0.733 e. The van der Waals surface area contributed by atoms with Crippen molar-refractivity contribution >= 4 is 34.6 Å². The Kier molecular flexibility index (Phi) is 5.45. The van der Waals surface area contributed by atoms with Crippen LogP contribution in [0.15, 0.2) is 78.9 Å². The molecule has 9 nitrogen and oxygen atoms in total. The van der Waals surface area contributed by atoms with Crippen LogP contribution in [0.1, 0.15) is 11.6 Å². The maximum absolute atomic E-state index is 13.6. The Balaban J connectivity index is 1.53. The van der Waals surface area contributed by atoms with Gasteiger partial charge in [0.15, 0.2) is 6.10 Å². The third-order valence-corrected chi connectivity index (χ3v) is 6.21. The molecule has 2 heterocycles. The van der Waals surface area contributed by atoms with Crippen LogP contribution in [0, 0.1) is 11.1 Å². The standard InChI is InChI=1S/C25H23N4O5/c1-26(2)17-10-8-16(9-11-17)22-21-23(34-28(22)19-6-4-3-5-7-19)25(31)27(24(21)30)18-12-14-20(15-13-18)29(32)33/h3-15,21-23,32H,1-2H3/q-1/t21-,22-,23+/m1/s1. The summed E-state index contributed by atoms with van der Waals surface area (Å²) in [5.74, 6) is -1.61. The minimum absolute atomic E-state index is 0.00611. The lowest BCUT2D eigenvalue weighted by Gasteiger charge is -2.29. The number of anilines is 4. The molecule has 0 bridgehead atoms. The Bertz CT molecular complexity index is 1200. The summed E-state index contributed by atoms with van der Waals surface area (Å²) < 4.78 is 0. The van der Waals surface area contributed by atoms with E-state index in [4.69, 9.17) is 10.0 Å². The van der Waals surface area contributed by atoms with Gasteiger partial charge < -0.3 is 15.3 Å². The summed E-state index contributed by atoms with van der Waals surface area (Å²) in [5.41, 5.74) is 2.91. The minimum atomic E-state index is -0.986. The van der Waals surface area contributed by atoms with Gasteiger partial charge in [0.2, 0.25) is 5.91 Å². The average Bonchev–Trinajstić information content (AvgIpc) is 3.35. The highest BCUT2D eigenvalue weighted by Crippen LogP contribution is 2.47. The third-order valence-electron chi connectivity index (χ3n) is 6.21. The molecule has 2 saturated heterocycles. The number of imide groups is 1. The van der Waals surface area contributed by atoms with Crippen molar-refractivity contribution in [1.29, 1.82) is 0 Å². The summed E-state index contributed by atoms with van der Waals surface area (Å²) in [6, 6.07) is 22.3. The molecule has 0 unspecified atom stereocenters. The minimum Gasteiger partial charge on any atom is -0.733 e. The Morgan fingerprint density at radius 3 is 2.03 bits per heavy atom. The number of carbonyl (C=O) groups excluding carboxylic acids is 2. The SMILES string of the molecule is CN(C)c1ccc([C@@H]2[C@H]3C(=O)N(c4ccc(N([O-])O)cc4)C(=O)[C@H]3ON2c2ccccc2)cc1. The van der Waals surface area contributed by atoms with Gasteiger partial charge in [0, 0.05) is 19.8 Å². The Hall–Kier alpha value is -3.92. The topological polar surface area (TPSA) is 99.6 Å². The van der Waals surface area contributed by atoms with Crippen LogP contribution in [-0.4, -0.2) is 37.2 Å². The monoisotopic (exact) mass is 459 g/mol. The van der Waals surface area contributed by atoms with Crippen LogP contribution >= 0.6 is 0 Å². The predicted molar refractivity (Wildman–Crippen MR) is 127 cm³/mol. The highest BCUT2D eigenvalue weighted by molar-refractivity contribution is 6.24. The molecule has 3 atom stereocenters. The summed E-state index contributed by atoms with van der Waals surface area (Å²) in [6.07, 6.45) is -0.986. The zero-order valence-electron chi connectivity index (χ0n) is 18.6. The number of nitrogens with zero attached hydrogens (tertiary/aromatic N) is 4. The molecule has 5 rings (SSSR count). The van der Waals surface area contributed by atoms with Crippen molar-refractivity contribution in [3.05, 3.63) is 89.6 Å². The molecule has 0 spiro atoms. The smallest absolute Gasteiger partial charge is 0.266 e. The van der Waals surface area contributed by atoms with Crippen molar-refractivity contribution in [2.75, 3.05) is 34.2 Å². The van der Waals surface area contributed by atoms with Gasteiger partial charge in [-0.2, -0.15) is 0 Å². The first kappa shape index (κ1) is 21.9. The second-order valence-electron chi connectivity index (χ2n) is 8.45. The molecule has 0 aromatic heterocycles. The molecule has 9 heteroatoms. The molecule has 34 heavy (non-hydrogen) atoms. The van der Waals surface area contributed by atoms with Gasteiger partial charge in [-0.3, -0.25) is 19.6 Å². The van der Waals surface area contributed by atoms with Crippen LogP contribution in [0.5, 0.6) is 0 Å². The Morgan fingerprint density at radius 1 is 0.824 bits per heavy atom. The van der Waals surface area contributed by atoms with Crippen LogP contribution in [0.4, 0.5) is 22.7 Å². The summed E-state index contributed by atoms with van der Waals surface area (Å²) in [6.45, 7) is 0. The summed E-state index contributed by atoms with van der Waals surface area (Å²) in [5, 5.41) is 21.5. The van der Waals surface area contributed by atoms with Gasteiger partial charge in [0.05, 0.1) is 23.1 Å². The van der Waals surface area contributed by atoms with Gasteiger partial charge >= 0.3 is 0 Å². The van der Waals surface area contributed by atoms with Gasteiger partial charge in [-0.25, -0.2) is 9.96 Å². The number of fused-ring (bicyclic) bond motifs is 1. The number of carbonyl (C=O) groups is 2. The molecule has 0 aliphatic carbocycles. The lowest BCUT2D eigenvalue weighted by atomic mass is 9.90. The third kappa shape index (κ3) is 3.56. The maximum atomic E-state index is 13.6. The van der Waals surface area contributed by atoms with Gasteiger partial charge in [-0.1, -0.05) is 30.3 Å². The molecule has 2 aliphatic heterocycles. The predicted octanol–water partition coefficient (Wildman–Crippen LogP) is 3.50. The molecule has 2 fully saturated rings. The number of hydrogen-bond donors (Lipinski definition) is 1. The van der Waals surface area contributed by atoms with Crippen molar-refractivity contribution < 1.29 is 19.6 Å². The van der Waals surface area contributed by atoms with Crippen LogP contribution in [-0.2, 0) is 14.4 Å². The molecule has 2 aliphatic rings. The van der Waals surface area contributed by atoms with Crippen molar-refractivity contribution in [3.8, 4) is 0 Å². The van der Waals surface area contributed by atoms with E-state index in [1.165, 1.54) is 24.3 Å². The van der Waals surface area contributed by atoms with E-state index in [0.717, 1.165) is 21.8 Å². The number of hydroxylamine groups is 1. The first-order valence-electron chi connectivity index (χ1n) is 10.8. The molecule has 2 amide bonds. The summed E-state index contributed by atoms with van der Waals surface area (Å²) in [7, 11) is 3.90. The quantitative estimate of drug-likeness (QED) is 0.457. The summed E-state index contributed by atoms with van der Waals surface area (Å²) >= 11 is 0. The number of rotatable bonds is 5. The van der Waals surface area contributed by atoms with Crippen molar-refractivity contribution in [2.45, 2.75) is 12.1 Å². The number of benzene rings is 3. The van der Waals surface area contributed by atoms with Crippen molar-refractivity contribution in [2.24, 2.45) is 5.92 Å². The van der Waals surface area contributed by atoms with Crippen LogP contribution in [0.2, 0.25) is 0 Å². The number of para-hydroxylation sites is 1. The first-order chi connectivity index (χ1) is 16.4. The van der Waals surface area contributed by atoms with E-state index in [9.17, 15) is 14.8 Å². The van der Waals surface area contributed by atoms with Crippen LogP contribution < -0.4 is 20.1 Å². The molecular weight excluding hydrogens is 436 g/mol. The zero-order chi connectivity index (χ0) is 24.0. The number of hydrogen-bond acceptors (Lipinski definition) is 8. The fraction of sp³-hybridized carbons (Fsp3) is 0.200. The molecule has 174 valence electrons. The average molecular weight is 459 g/mol. The van der Waals surface area contributed by atoms with Gasteiger partial charge in [-0.15, -0.1) is 0 Å². The summed E-state index contributed by atoms with van der Waals surface area (Å²) in [4.78, 5) is 36.2. The lowest BCUT2D eigenvalue weighted by molar-refractivity contribution is -0.126. The second-order valence-corrected chi connectivity index (χ2v) is 8.45. The Morgan fingerprint density at radius 2 is 1.44 bits per heavy atom. The van der Waals surface area contributed by atoms with Crippen LogP contribution in [0.3, 0.4) is 0 Å². The van der Waals surface area contributed by atoms with E-state index in [2.05, 4.69) is 0 Å². The normalized spacial score (nSPS) is 21.7. The molecule has 3 aromatic rings. The van der Waals surface area contributed by atoms with E-state index < -0.39 is 24.0 Å². The van der Waals surface area contributed by atoms with E-state index in [1.807, 2.05) is 73.6 Å². The molecule has 0 radical (unpaired) electrons. The van der Waals surface area contributed by atoms with E-state index in [-0.39, 0.29) is 16.8 Å². The van der Waals surface area contributed by atoms with E-state index >= 15 is 0 Å². The van der Waals surface area contributed by atoms with Gasteiger partial charge in [-0.05, 0) is 54.1 Å². The van der Waals surface area contributed by atoms with Crippen molar-refractivity contribution in [3.63, 3.8) is 0 Å². The van der Waals surface area contributed by atoms with Gasteiger partial charge in [0.1, 0.15) is 5.92 Å². The highest BCUT2D eigenvalue weighted by atomic mass is 16.8. The fourth-order valence-corrected chi connectivity index (χ4v) is 4.51. The van der Waals surface area contributed by atoms with E-state index in [1.54, 1.807) is 5.06 Å². The lowest BCUT2D eigenvalue weighted by Crippen LogP contribution is -2.37. The molecule has 3 aromatic carbocycles. The molecule has 1 N–H and O–H groups in total. The fourth-order valence-electron chi connectivity index (χ4n) is 4.51. The van der Waals surface area contributed by atoms with Gasteiger partial charge in [0.25, 0.3) is 5.91 Å². The Labute approximate surface area is 196 Å². The molecule has 0 saturated carbocycles. The molecular formula is C25H23N4O5-.